The van der Waals surface area contributed by atoms with Crippen molar-refractivity contribution in [2.24, 2.45) is 0 Å². The van der Waals surface area contributed by atoms with Gasteiger partial charge in [0.2, 0.25) is 0 Å². The van der Waals surface area contributed by atoms with Crippen molar-refractivity contribution >= 4 is 40.2 Å². The van der Waals surface area contributed by atoms with Crippen molar-refractivity contribution in [2.45, 2.75) is 54.9 Å². The zero-order chi connectivity index (χ0) is 21.6. The molecule has 0 radical (unpaired) electrons. The summed E-state index contributed by atoms with van der Waals surface area (Å²) in [5.41, 5.74) is 1.61. The second kappa shape index (κ2) is 10.6. The predicted molar refractivity (Wildman–Crippen MR) is 130 cm³/mol. The van der Waals surface area contributed by atoms with Gasteiger partial charge in [0.05, 0.1) is 4.90 Å². The molecule has 1 atom stereocenters. The summed E-state index contributed by atoms with van der Waals surface area (Å²) in [6, 6.07) is 16.5. The first-order valence-electron chi connectivity index (χ1n) is 11.2. The van der Waals surface area contributed by atoms with Gasteiger partial charge in [-0.25, -0.2) is 0 Å². The molecule has 0 aliphatic carbocycles. The number of halogens is 1. The van der Waals surface area contributed by atoms with Crippen LogP contribution in [0.4, 0.5) is 0 Å². The van der Waals surface area contributed by atoms with Gasteiger partial charge in [0, 0.05) is 40.0 Å². The number of hydrogen-bond donors (Lipinski definition) is 2. The molecule has 0 spiro atoms. The quantitative estimate of drug-likeness (QED) is 0.388. The number of amides is 1. The van der Waals surface area contributed by atoms with E-state index in [1.54, 1.807) is 11.8 Å². The van der Waals surface area contributed by atoms with Crippen molar-refractivity contribution < 1.29 is 4.79 Å². The zero-order valence-electron chi connectivity index (χ0n) is 18.0. The van der Waals surface area contributed by atoms with Crippen molar-refractivity contribution in [1.82, 2.24) is 15.2 Å². The molecule has 2 heterocycles. The highest BCUT2D eigenvalue weighted by molar-refractivity contribution is 7.99. The summed E-state index contributed by atoms with van der Waals surface area (Å²) in [4.78, 5) is 21.0. The maximum Gasteiger partial charge on any atom is 0.268 e. The van der Waals surface area contributed by atoms with Crippen LogP contribution < -0.4 is 5.32 Å². The molecule has 31 heavy (non-hydrogen) atoms. The molecule has 3 aromatic rings. The molecule has 4 nitrogen and oxygen atoms in total. The maximum absolute atomic E-state index is 13.1. The number of fused-ring (bicyclic) bond motifs is 1. The molecule has 1 unspecified atom stereocenters. The molecule has 0 saturated carbocycles. The minimum atomic E-state index is -0.0432. The standard InChI is InChI=1S/C25H30ClN3OS/c1-2-19-8-5-6-16-29(19)17-7-15-27-25(30)23-24(21-9-3-4-10-22(21)28-23)31-20-13-11-18(26)12-14-20/h3-4,9-14,19,28H,2,5-8,15-17H2,1H3,(H,27,30). The molecule has 1 fully saturated rings. The highest BCUT2D eigenvalue weighted by Crippen LogP contribution is 2.37. The van der Waals surface area contributed by atoms with Crippen LogP contribution in [0.25, 0.3) is 10.9 Å². The lowest BCUT2D eigenvalue weighted by atomic mass is 10.00. The molecule has 1 saturated heterocycles. The third-order valence-electron chi connectivity index (χ3n) is 6.05. The van der Waals surface area contributed by atoms with Crippen LogP contribution in [-0.4, -0.2) is 41.5 Å². The largest absolute Gasteiger partial charge is 0.351 e. The van der Waals surface area contributed by atoms with E-state index < -0.39 is 0 Å². The van der Waals surface area contributed by atoms with Gasteiger partial charge in [0.25, 0.3) is 5.91 Å². The van der Waals surface area contributed by atoms with Crippen molar-refractivity contribution in [3.63, 3.8) is 0 Å². The SMILES string of the molecule is CCC1CCCCN1CCCNC(=O)c1[nH]c2ccccc2c1Sc1ccc(Cl)cc1. The third-order valence-corrected chi connectivity index (χ3v) is 7.44. The Morgan fingerprint density at radius 1 is 1.19 bits per heavy atom. The first-order valence-corrected chi connectivity index (χ1v) is 12.4. The van der Waals surface area contributed by atoms with Crippen LogP contribution >= 0.6 is 23.4 Å². The fraction of sp³-hybridized carbons (Fsp3) is 0.400. The van der Waals surface area contributed by atoms with E-state index in [2.05, 4.69) is 28.2 Å². The lowest BCUT2D eigenvalue weighted by molar-refractivity contribution is 0.0940. The smallest absolute Gasteiger partial charge is 0.268 e. The van der Waals surface area contributed by atoms with Gasteiger partial charge in [0.15, 0.2) is 0 Å². The number of nitrogens with one attached hydrogen (secondary N) is 2. The number of carbonyl (C=O) groups is 1. The van der Waals surface area contributed by atoms with Crippen LogP contribution in [0.15, 0.2) is 58.3 Å². The normalized spacial score (nSPS) is 17.2. The van der Waals surface area contributed by atoms with Crippen LogP contribution in [0.3, 0.4) is 0 Å². The lowest BCUT2D eigenvalue weighted by Crippen LogP contribution is -2.40. The minimum Gasteiger partial charge on any atom is -0.351 e. The summed E-state index contributed by atoms with van der Waals surface area (Å²) >= 11 is 7.63. The fourth-order valence-electron chi connectivity index (χ4n) is 4.39. The number of nitrogens with zero attached hydrogens (tertiary/aromatic N) is 1. The van der Waals surface area contributed by atoms with Crippen LogP contribution in [0.2, 0.25) is 5.02 Å². The van der Waals surface area contributed by atoms with Crippen LogP contribution in [-0.2, 0) is 0 Å². The van der Waals surface area contributed by atoms with Crippen molar-refractivity contribution in [3.8, 4) is 0 Å². The summed E-state index contributed by atoms with van der Waals surface area (Å²) in [6.07, 6.45) is 6.14. The zero-order valence-corrected chi connectivity index (χ0v) is 19.6. The van der Waals surface area contributed by atoms with Crippen LogP contribution in [0.5, 0.6) is 0 Å². The minimum absolute atomic E-state index is 0.0432. The number of aromatic nitrogens is 1. The number of piperidine rings is 1. The number of para-hydroxylation sites is 1. The van der Waals surface area contributed by atoms with Crippen LogP contribution in [0.1, 0.15) is 49.5 Å². The first-order chi connectivity index (χ1) is 15.2. The van der Waals surface area contributed by atoms with E-state index >= 15 is 0 Å². The van der Waals surface area contributed by atoms with Crippen molar-refractivity contribution in [1.29, 1.82) is 0 Å². The van der Waals surface area contributed by atoms with Gasteiger partial charge in [0.1, 0.15) is 5.69 Å². The molecular weight excluding hydrogens is 426 g/mol. The van der Waals surface area contributed by atoms with Gasteiger partial charge in [-0.05, 0) is 62.6 Å². The number of hydrogen-bond acceptors (Lipinski definition) is 3. The van der Waals surface area contributed by atoms with E-state index in [4.69, 9.17) is 11.6 Å². The highest BCUT2D eigenvalue weighted by Gasteiger charge is 2.21. The Morgan fingerprint density at radius 3 is 2.81 bits per heavy atom. The molecule has 1 amide bonds. The summed E-state index contributed by atoms with van der Waals surface area (Å²) in [5, 5.41) is 4.91. The van der Waals surface area contributed by atoms with Crippen molar-refractivity contribution in [2.75, 3.05) is 19.6 Å². The van der Waals surface area contributed by atoms with Gasteiger partial charge in [-0.1, -0.05) is 54.9 Å². The Hall–Kier alpha value is -1.95. The van der Waals surface area contributed by atoms with Gasteiger partial charge >= 0.3 is 0 Å². The number of H-pyrrole nitrogens is 1. The van der Waals surface area contributed by atoms with Crippen molar-refractivity contribution in [3.05, 3.63) is 59.2 Å². The number of aromatic amines is 1. The Morgan fingerprint density at radius 2 is 2.00 bits per heavy atom. The van der Waals surface area contributed by atoms with E-state index in [1.807, 2.05) is 42.5 Å². The number of carbonyl (C=O) groups excluding carboxylic acids is 1. The highest BCUT2D eigenvalue weighted by atomic mass is 35.5. The molecule has 2 aromatic carbocycles. The number of likely N-dealkylation sites (tertiary alicyclic amines) is 1. The molecule has 164 valence electrons. The van der Waals surface area contributed by atoms with Gasteiger partial charge in [-0.15, -0.1) is 0 Å². The molecule has 0 bridgehead atoms. The number of rotatable bonds is 8. The average molecular weight is 456 g/mol. The fourth-order valence-corrected chi connectivity index (χ4v) is 5.56. The van der Waals surface area contributed by atoms with E-state index in [0.717, 1.165) is 33.7 Å². The molecule has 2 N–H and O–H groups in total. The Kier molecular flexibility index (Phi) is 7.59. The van der Waals surface area contributed by atoms with Gasteiger partial charge < -0.3 is 15.2 Å². The van der Waals surface area contributed by atoms with Gasteiger partial charge in [-0.2, -0.15) is 0 Å². The molecule has 1 aliphatic heterocycles. The Bertz CT molecular complexity index is 1020. The topological polar surface area (TPSA) is 48.1 Å². The first kappa shape index (κ1) is 22.3. The Labute approximate surface area is 193 Å². The lowest BCUT2D eigenvalue weighted by Gasteiger charge is -2.35. The number of benzene rings is 2. The van der Waals surface area contributed by atoms with E-state index in [9.17, 15) is 4.79 Å². The molecule has 6 heteroatoms. The van der Waals surface area contributed by atoms with Gasteiger partial charge in [-0.3, -0.25) is 4.79 Å². The second-order valence-electron chi connectivity index (χ2n) is 8.13. The monoisotopic (exact) mass is 455 g/mol. The molecule has 1 aromatic heterocycles. The average Bonchev–Trinajstić information content (AvgIpc) is 3.17. The summed E-state index contributed by atoms with van der Waals surface area (Å²) < 4.78 is 0. The summed E-state index contributed by atoms with van der Waals surface area (Å²) in [6.45, 7) is 5.21. The van der Waals surface area contributed by atoms with Crippen LogP contribution in [0, 0.1) is 0 Å². The predicted octanol–water partition coefficient (Wildman–Crippen LogP) is 6.36. The molecular formula is C25H30ClN3OS. The third kappa shape index (κ3) is 5.46. The summed E-state index contributed by atoms with van der Waals surface area (Å²) in [5.74, 6) is -0.0432. The Balaban J connectivity index is 1.43. The molecule has 1 aliphatic rings. The molecule has 4 rings (SSSR count). The maximum atomic E-state index is 13.1. The second-order valence-corrected chi connectivity index (χ2v) is 9.65. The summed E-state index contributed by atoms with van der Waals surface area (Å²) in [7, 11) is 0. The van der Waals surface area contributed by atoms with E-state index in [0.29, 0.717) is 23.3 Å². The van der Waals surface area contributed by atoms with E-state index in [-0.39, 0.29) is 5.91 Å². The van der Waals surface area contributed by atoms with E-state index in [1.165, 1.54) is 32.2 Å².